The molecule has 0 aromatic heterocycles. The van der Waals surface area contributed by atoms with Gasteiger partial charge in [-0.05, 0) is 74.8 Å². The summed E-state index contributed by atoms with van der Waals surface area (Å²) in [4.78, 5) is 4.90. The van der Waals surface area contributed by atoms with Gasteiger partial charge in [0.05, 0.1) is 5.69 Å². The summed E-state index contributed by atoms with van der Waals surface area (Å²) >= 11 is 0. The van der Waals surface area contributed by atoms with Crippen molar-refractivity contribution < 1.29 is 0 Å². The van der Waals surface area contributed by atoms with E-state index in [4.69, 9.17) is 0 Å². The molecule has 3 heteroatoms. The van der Waals surface area contributed by atoms with Gasteiger partial charge < -0.3 is 9.80 Å². The quantitative estimate of drug-likeness (QED) is 0.156. The zero-order valence-electron chi connectivity index (χ0n) is 28.2. The van der Waals surface area contributed by atoms with Gasteiger partial charge >= 0.3 is 0 Å². The molecule has 8 aromatic rings. The van der Waals surface area contributed by atoms with E-state index in [-0.39, 0.29) is 0 Å². The Kier molecular flexibility index (Phi) is 7.88. The topological polar surface area (TPSA) is 6.48 Å². The highest BCUT2D eigenvalue weighted by atomic mass is 28.3. The van der Waals surface area contributed by atoms with Crippen LogP contribution in [0.4, 0.5) is 34.1 Å². The van der Waals surface area contributed by atoms with Gasteiger partial charge in [0.1, 0.15) is 0 Å². The standard InChI is InChI=1S/C48H36N2Si/c1-6-20-37(21-7-1)43-30-16-17-31-44(43)49(38-22-8-2-9-23-38)40-34-35-48-46(36-40)50(39-24-10-3-11-25-39)45-32-18-19-33-47(45)51(48,41-26-12-4-13-27-41)42-28-14-5-15-29-42/h1-36H. The molecular weight excluding hydrogens is 633 g/mol. The molecule has 2 nitrogen and oxygen atoms in total. The van der Waals surface area contributed by atoms with Crippen molar-refractivity contribution in [1.82, 2.24) is 0 Å². The van der Waals surface area contributed by atoms with Crippen molar-refractivity contribution >= 4 is 62.9 Å². The zero-order valence-corrected chi connectivity index (χ0v) is 29.2. The number of fused-ring (bicyclic) bond motifs is 2. The van der Waals surface area contributed by atoms with Crippen molar-refractivity contribution in [3.63, 3.8) is 0 Å². The van der Waals surface area contributed by atoms with E-state index in [0.717, 1.165) is 22.7 Å². The van der Waals surface area contributed by atoms with E-state index in [1.54, 1.807) is 0 Å². The Labute approximate surface area is 301 Å². The minimum absolute atomic E-state index is 1.10. The molecule has 0 saturated carbocycles. The summed E-state index contributed by atoms with van der Waals surface area (Å²) in [5.41, 5.74) is 9.28. The molecule has 0 atom stereocenters. The van der Waals surface area contributed by atoms with E-state index >= 15 is 0 Å². The number of hydrogen-bond acceptors (Lipinski definition) is 2. The molecule has 1 aliphatic rings. The van der Waals surface area contributed by atoms with Gasteiger partial charge in [-0.15, -0.1) is 0 Å². The average Bonchev–Trinajstić information content (AvgIpc) is 3.22. The van der Waals surface area contributed by atoms with Crippen LogP contribution >= 0.6 is 0 Å². The summed E-state index contributed by atoms with van der Waals surface area (Å²) in [6, 6.07) is 79.8. The Morgan fingerprint density at radius 1 is 0.373 bits per heavy atom. The molecule has 242 valence electrons. The van der Waals surface area contributed by atoms with Crippen LogP contribution < -0.4 is 30.5 Å². The first-order valence-corrected chi connectivity index (χ1v) is 19.5. The molecule has 8 aromatic carbocycles. The van der Waals surface area contributed by atoms with Crippen LogP contribution in [0.15, 0.2) is 218 Å². The SMILES string of the molecule is c1ccc(-c2ccccc2N(c2ccccc2)c2ccc3c(c2)N(c2ccccc2)c2ccccc2[Si]3(c2ccccc2)c2ccccc2)cc1. The van der Waals surface area contributed by atoms with Crippen LogP contribution in [0.25, 0.3) is 11.1 Å². The molecule has 0 bridgehead atoms. The van der Waals surface area contributed by atoms with Crippen LogP contribution in [-0.2, 0) is 0 Å². The summed E-state index contributed by atoms with van der Waals surface area (Å²) in [5, 5.41) is 5.51. The van der Waals surface area contributed by atoms with E-state index in [1.807, 2.05) is 0 Å². The molecule has 0 amide bonds. The fraction of sp³-hybridized carbons (Fsp3) is 0. The fourth-order valence-corrected chi connectivity index (χ4v) is 13.1. The number of hydrogen-bond donors (Lipinski definition) is 0. The van der Waals surface area contributed by atoms with E-state index in [0.29, 0.717) is 0 Å². The monoisotopic (exact) mass is 668 g/mol. The highest BCUT2D eigenvalue weighted by Gasteiger charge is 2.49. The molecule has 1 heterocycles. The lowest BCUT2D eigenvalue weighted by atomic mass is 10.0. The first kappa shape index (κ1) is 30.6. The molecule has 0 aliphatic carbocycles. The van der Waals surface area contributed by atoms with Gasteiger partial charge in [-0.2, -0.15) is 0 Å². The van der Waals surface area contributed by atoms with Crippen LogP contribution in [0.1, 0.15) is 0 Å². The molecule has 0 saturated heterocycles. The highest BCUT2D eigenvalue weighted by Crippen LogP contribution is 2.44. The maximum Gasteiger partial charge on any atom is 0.184 e. The molecular formula is C48H36N2Si. The maximum atomic E-state index is 2.48. The van der Waals surface area contributed by atoms with Crippen molar-refractivity contribution in [3.05, 3.63) is 218 Å². The molecule has 1 aliphatic heterocycles. The summed E-state index contributed by atoms with van der Waals surface area (Å²) in [7, 11) is -2.79. The van der Waals surface area contributed by atoms with Crippen LogP contribution in [0, 0.1) is 0 Å². The second-order valence-corrected chi connectivity index (χ2v) is 16.7. The summed E-state index contributed by atoms with van der Waals surface area (Å²) in [6.45, 7) is 0. The molecule has 0 fully saturated rings. The molecule has 0 radical (unpaired) electrons. The predicted molar refractivity (Wildman–Crippen MR) is 218 cm³/mol. The summed E-state index contributed by atoms with van der Waals surface area (Å²) < 4.78 is 0. The Morgan fingerprint density at radius 2 is 0.882 bits per heavy atom. The minimum Gasteiger partial charge on any atom is -0.311 e. The number of para-hydroxylation sites is 4. The average molecular weight is 669 g/mol. The van der Waals surface area contributed by atoms with Gasteiger partial charge in [0, 0.05) is 34.0 Å². The van der Waals surface area contributed by atoms with Crippen molar-refractivity contribution in [1.29, 1.82) is 0 Å². The first-order valence-electron chi connectivity index (χ1n) is 17.5. The van der Waals surface area contributed by atoms with Gasteiger partial charge in [0.15, 0.2) is 8.07 Å². The lowest BCUT2D eigenvalue weighted by molar-refractivity contribution is 1.25. The van der Waals surface area contributed by atoms with Gasteiger partial charge in [0.25, 0.3) is 0 Å². The van der Waals surface area contributed by atoms with E-state index < -0.39 is 8.07 Å². The molecule has 51 heavy (non-hydrogen) atoms. The van der Waals surface area contributed by atoms with Crippen molar-refractivity contribution in [2.45, 2.75) is 0 Å². The number of nitrogens with zero attached hydrogens (tertiary/aromatic N) is 2. The van der Waals surface area contributed by atoms with Crippen molar-refractivity contribution in [3.8, 4) is 11.1 Å². The third-order valence-corrected chi connectivity index (χ3v) is 15.0. The highest BCUT2D eigenvalue weighted by molar-refractivity contribution is 7.21. The van der Waals surface area contributed by atoms with Gasteiger partial charge in [-0.3, -0.25) is 0 Å². The van der Waals surface area contributed by atoms with Gasteiger partial charge in [0.2, 0.25) is 0 Å². The third kappa shape index (κ3) is 5.18. The predicted octanol–water partition coefficient (Wildman–Crippen LogP) is 9.98. The first-order chi connectivity index (χ1) is 25.3. The Hall–Kier alpha value is -6.42. The Balaban J connectivity index is 1.37. The number of rotatable bonds is 7. The van der Waals surface area contributed by atoms with Gasteiger partial charge in [-0.25, -0.2) is 0 Å². The van der Waals surface area contributed by atoms with E-state index in [2.05, 4.69) is 228 Å². The lowest BCUT2D eigenvalue weighted by Gasteiger charge is -2.45. The third-order valence-electron chi connectivity index (χ3n) is 10.1. The molecule has 0 unspecified atom stereocenters. The second-order valence-electron chi connectivity index (χ2n) is 12.9. The number of anilines is 6. The number of benzene rings is 8. The second kappa shape index (κ2) is 13.1. The van der Waals surface area contributed by atoms with Crippen LogP contribution in [0.2, 0.25) is 0 Å². The Bertz CT molecular complexity index is 2370. The van der Waals surface area contributed by atoms with Gasteiger partial charge in [-0.1, -0.05) is 170 Å². The summed E-state index contributed by atoms with van der Waals surface area (Å²) in [6.07, 6.45) is 0. The Morgan fingerprint density at radius 3 is 1.55 bits per heavy atom. The van der Waals surface area contributed by atoms with E-state index in [9.17, 15) is 0 Å². The van der Waals surface area contributed by atoms with E-state index in [1.165, 1.54) is 43.2 Å². The summed E-state index contributed by atoms with van der Waals surface area (Å²) in [5.74, 6) is 0. The zero-order chi connectivity index (χ0) is 34.0. The lowest BCUT2D eigenvalue weighted by Crippen LogP contribution is -2.77. The van der Waals surface area contributed by atoms with Crippen LogP contribution in [0.5, 0.6) is 0 Å². The van der Waals surface area contributed by atoms with Crippen molar-refractivity contribution in [2.75, 3.05) is 9.80 Å². The minimum atomic E-state index is -2.79. The van der Waals surface area contributed by atoms with Crippen LogP contribution in [0.3, 0.4) is 0 Å². The normalized spacial score (nSPS) is 12.8. The maximum absolute atomic E-state index is 2.79. The smallest absolute Gasteiger partial charge is 0.184 e. The van der Waals surface area contributed by atoms with Crippen LogP contribution in [-0.4, -0.2) is 8.07 Å². The fourth-order valence-electron chi connectivity index (χ4n) is 7.98. The largest absolute Gasteiger partial charge is 0.311 e. The molecule has 0 N–H and O–H groups in total. The molecule has 9 rings (SSSR count). The van der Waals surface area contributed by atoms with Crippen molar-refractivity contribution in [2.24, 2.45) is 0 Å². The molecule has 0 spiro atoms.